The Morgan fingerprint density at radius 2 is 2.00 bits per heavy atom. The van der Waals surface area contributed by atoms with Gasteiger partial charge in [-0.3, -0.25) is 0 Å². The summed E-state index contributed by atoms with van der Waals surface area (Å²) in [5, 5.41) is 0.416. The first-order valence-corrected chi connectivity index (χ1v) is 8.36. The first-order valence-electron chi connectivity index (χ1n) is 4.94. The van der Waals surface area contributed by atoms with Gasteiger partial charge in [-0.25, -0.2) is 8.42 Å². The lowest BCUT2D eigenvalue weighted by atomic mass is 10.6. The number of thiocarbonyl (C=S) groups is 1. The molecule has 1 aliphatic rings. The third kappa shape index (κ3) is 3.61. The molecule has 0 spiro atoms. The molecule has 0 unspecified atom stereocenters. The van der Waals surface area contributed by atoms with E-state index in [0.29, 0.717) is 14.3 Å². The van der Waals surface area contributed by atoms with Crippen LogP contribution in [0.4, 0.5) is 0 Å². The van der Waals surface area contributed by atoms with E-state index in [1.807, 2.05) is 18.7 Å². The summed E-state index contributed by atoms with van der Waals surface area (Å²) in [7, 11) is -3.03. The van der Waals surface area contributed by atoms with Crippen LogP contribution in [0.3, 0.4) is 0 Å². The van der Waals surface area contributed by atoms with Crippen molar-refractivity contribution in [2.75, 3.05) is 24.6 Å². The van der Waals surface area contributed by atoms with Crippen LogP contribution in [0.2, 0.25) is 0 Å². The lowest BCUT2D eigenvalue weighted by Gasteiger charge is -2.20. The van der Waals surface area contributed by atoms with Gasteiger partial charge in [-0.15, -0.1) is 0 Å². The Bertz CT molecular complexity index is 412. The van der Waals surface area contributed by atoms with Crippen LogP contribution in [0.25, 0.3) is 0 Å². The van der Waals surface area contributed by atoms with Crippen LogP contribution in [0.15, 0.2) is 9.94 Å². The zero-order valence-corrected chi connectivity index (χ0v) is 12.4. The predicted molar refractivity (Wildman–Crippen MR) is 74.6 cm³/mol. The summed E-state index contributed by atoms with van der Waals surface area (Å²) in [4.78, 5) is 2.68. The van der Waals surface area contributed by atoms with Crippen LogP contribution < -0.4 is 0 Å². The molecule has 0 aliphatic carbocycles. The summed E-state index contributed by atoms with van der Waals surface area (Å²) in [6.07, 6.45) is 0. The SMILES string of the molecule is CCN(CC)C(=S)SC1=C(Cl)CS(=O)(=O)C1. The third-order valence-electron chi connectivity index (χ3n) is 2.23. The topological polar surface area (TPSA) is 37.4 Å². The number of rotatable bonds is 3. The molecule has 1 aliphatic heterocycles. The minimum atomic E-state index is -3.03. The monoisotopic (exact) mass is 299 g/mol. The molecule has 0 aromatic carbocycles. The molecule has 0 saturated heterocycles. The van der Waals surface area contributed by atoms with Gasteiger partial charge in [0, 0.05) is 23.0 Å². The molecule has 0 aromatic rings. The number of hydrogen-bond donors (Lipinski definition) is 0. The van der Waals surface area contributed by atoms with Gasteiger partial charge in [0.05, 0.1) is 11.5 Å². The predicted octanol–water partition coefficient (Wildman–Crippen LogP) is 2.23. The van der Waals surface area contributed by atoms with Crippen LogP contribution in [0.5, 0.6) is 0 Å². The van der Waals surface area contributed by atoms with E-state index in [2.05, 4.69) is 0 Å². The Morgan fingerprint density at radius 3 is 2.38 bits per heavy atom. The molecule has 7 heteroatoms. The maximum absolute atomic E-state index is 11.3. The lowest BCUT2D eigenvalue weighted by molar-refractivity contribution is 0.482. The Hall–Kier alpha value is 0.220. The van der Waals surface area contributed by atoms with Gasteiger partial charge in [-0.05, 0) is 13.8 Å². The van der Waals surface area contributed by atoms with E-state index in [1.165, 1.54) is 11.8 Å². The molecule has 0 atom stereocenters. The standard InChI is InChI=1S/C9H14ClNO2S3/c1-3-11(4-2)9(14)15-8-6-16(12,13)5-7(8)10/h3-6H2,1-2H3. The Balaban J connectivity index is 2.69. The minimum absolute atomic E-state index is 0.0257. The molecule has 0 bridgehead atoms. The summed E-state index contributed by atoms with van der Waals surface area (Å²) in [5.74, 6) is -0.0182. The van der Waals surface area contributed by atoms with E-state index in [4.69, 9.17) is 23.8 Å². The molecular weight excluding hydrogens is 286 g/mol. The largest absolute Gasteiger partial charge is 0.358 e. The van der Waals surface area contributed by atoms with Crippen molar-refractivity contribution in [1.82, 2.24) is 4.90 Å². The Morgan fingerprint density at radius 1 is 1.44 bits per heavy atom. The van der Waals surface area contributed by atoms with Crippen LogP contribution in [-0.4, -0.2) is 42.2 Å². The average molecular weight is 300 g/mol. The number of hydrogen-bond acceptors (Lipinski definition) is 4. The second-order valence-electron chi connectivity index (χ2n) is 3.40. The van der Waals surface area contributed by atoms with Crippen molar-refractivity contribution in [3.63, 3.8) is 0 Å². The average Bonchev–Trinajstić information content (AvgIpc) is 2.41. The molecule has 0 amide bonds. The van der Waals surface area contributed by atoms with Gasteiger partial charge in [0.1, 0.15) is 4.32 Å². The lowest BCUT2D eigenvalue weighted by Crippen LogP contribution is -2.26. The van der Waals surface area contributed by atoms with Crippen molar-refractivity contribution < 1.29 is 8.42 Å². The molecule has 0 radical (unpaired) electrons. The molecule has 0 saturated carbocycles. The number of halogens is 1. The molecule has 0 N–H and O–H groups in total. The molecule has 0 aromatic heterocycles. The van der Waals surface area contributed by atoms with E-state index in [0.717, 1.165) is 13.1 Å². The molecule has 1 rings (SSSR count). The second kappa shape index (κ2) is 5.71. The number of sulfone groups is 1. The van der Waals surface area contributed by atoms with E-state index in [1.54, 1.807) is 0 Å². The Kier molecular flexibility index (Phi) is 5.10. The van der Waals surface area contributed by atoms with Crippen molar-refractivity contribution >= 4 is 49.7 Å². The maximum Gasteiger partial charge on any atom is 0.160 e. The molecule has 1 heterocycles. The fraction of sp³-hybridized carbons (Fsp3) is 0.667. The summed E-state index contributed by atoms with van der Waals surface area (Å²) < 4.78 is 23.4. The smallest absolute Gasteiger partial charge is 0.160 e. The highest BCUT2D eigenvalue weighted by atomic mass is 35.5. The van der Waals surface area contributed by atoms with Gasteiger partial charge in [-0.2, -0.15) is 0 Å². The van der Waals surface area contributed by atoms with Crippen molar-refractivity contribution in [1.29, 1.82) is 0 Å². The van der Waals surface area contributed by atoms with Crippen molar-refractivity contribution in [2.45, 2.75) is 13.8 Å². The number of thioether (sulfide) groups is 1. The van der Waals surface area contributed by atoms with E-state index >= 15 is 0 Å². The van der Waals surface area contributed by atoms with Gasteiger partial charge < -0.3 is 4.90 Å². The summed E-state index contributed by atoms with van der Waals surface area (Å²) in [6, 6.07) is 0. The first-order chi connectivity index (χ1) is 7.39. The summed E-state index contributed by atoms with van der Waals surface area (Å²) in [6.45, 7) is 5.66. The van der Waals surface area contributed by atoms with E-state index in [-0.39, 0.29) is 11.5 Å². The van der Waals surface area contributed by atoms with Crippen molar-refractivity contribution in [2.24, 2.45) is 0 Å². The quantitative estimate of drug-likeness (QED) is 0.747. The fourth-order valence-corrected chi connectivity index (χ4v) is 5.54. The second-order valence-corrected chi connectivity index (χ2v) is 7.65. The highest BCUT2D eigenvalue weighted by molar-refractivity contribution is 8.25. The minimum Gasteiger partial charge on any atom is -0.358 e. The third-order valence-corrected chi connectivity index (χ3v) is 6.08. The maximum atomic E-state index is 11.3. The zero-order valence-electron chi connectivity index (χ0n) is 9.19. The Labute approximate surface area is 111 Å². The van der Waals surface area contributed by atoms with Crippen LogP contribution >= 0.6 is 35.6 Å². The summed E-state index contributed by atoms with van der Waals surface area (Å²) in [5.41, 5.74) is 0. The van der Waals surface area contributed by atoms with E-state index in [9.17, 15) is 8.42 Å². The van der Waals surface area contributed by atoms with Gasteiger partial charge in [0.2, 0.25) is 0 Å². The van der Waals surface area contributed by atoms with Gasteiger partial charge >= 0.3 is 0 Å². The molecule has 92 valence electrons. The van der Waals surface area contributed by atoms with Gasteiger partial charge in [0.15, 0.2) is 9.84 Å². The molecule has 3 nitrogen and oxygen atoms in total. The molecule has 16 heavy (non-hydrogen) atoms. The highest BCUT2D eigenvalue weighted by Crippen LogP contribution is 2.33. The first kappa shape index (κ1) is 14.3. The summed E-state index contributed by atoms with van der Waals surface area (Å²) >= 11 is 12.4. The van der Waals surface area contributed by atoms with Gasteiger partial charge in [0.25, 0.3) is 0 Å². The normalized spacial score (nSPS) is 18.9. The van der Waals surface area contributed by atoms with Gasteiger partial charge in [-0.1, -0.05) is 35.6 Å². The molecule has 0 fully saturated rings. The van der Waals surface area contributed by atoms with E-state index < -0.39 is 9.84 Å². The van der Waals surface area contributed by atoms with Crippen LogP contribution in [0, 0.1) is 0 Å². The van der Waals surface area contributed by atoms with Crippen LogP contribution in [-0.2, 0) is 9.84 Å². The zero-order chi connectivity index (χ0) is 12.3. The number of nitrogens with zero attached hydrogens (tertiary/aromatic N) is 1. The van der Waals surface area contributed by atoms with Crippen molar-refractivity contribution in [3.05, 3.63) is 9.94 Å². The highest BCUT2D eigenvalue weighted by Gasteiger charge is 2.28. The van der Waals surface area contributed by atoms with Crippen molar-refractivity contribution in [3.8, 4) is 0 Å². The molecular formula is C9H14ClNO2S3. The fourth-order valence-electron chi connectivity index (χ4n) is 1.34. The van der Waals surface area contributed by atoms with Crippen LogP contribution in [0.1, 0.15) is 13.8 Å².